The van der Waals surface area contributed by atoms with Gasteiger partial charge >= 0.3 is 0 Å². The minimum Gasteiger partial charge on any atom is -0.392 e. The van der Waals surface area contributed by atoms with Gasteiger partial charge in [-0.15, -0.1) is 0 Å². The molecule has 1 amide bonds. The van der Waals surface area contributed by atoms with E-state index in [0.29, 0.717) is 23.7 Å². The highest BCUT2D eigenvalue weighted by atomic mass is 16.3. The van der Waals surface area contributed by atoms with Gasteiger partial charge in [-0.05, 0) is 24.1 Å². The zero-order valence-electron chi connectivity index (χ0n) is 13.0. The minimum atomic E-state index is -0.218. The van der Waals surface area contributed by atoms with Gasteiger partial charge in [-0.2, -0.15) is 0 Å². The lowest BCUT2D eigenvalue weighted by molar-refractivity contribution is 0.0947. The second-order valence-corrected chi connectivity index (χ2v) is 5.45. The fraction of sp³-hybridized carbons (Fsp3) is 0.438. The Balaban J connectivity index is 1.81. The standard InChI is InChI=1S/C16H22N4O2/c1-12(2)15-18-7-9-20(15)8-3-5-19-16(22)14-10-13(11-21)4-6-17-14/h4,6-7,9-10,12,21H,3,5,8,11H2,1-2H3,(H,19,22). The third kappa shape index (κ3) is 4.14. The van der Waals surface area contributed by atoms with Gasteiger partial charge in [0.1, 0.15) is 11.5 Å². The largest absolute Gasteiger partial charge is 0.392 e. The van der Waals surface area contributed by atoms with E-state index in [1.54, 1.807) is 18.3 Å². The Kier molecular flexibility index (Phi) is 5.66. The maximum absolute atomic E-state index is 12.0. The first-order valence-electron chi connectivity index (χ1n) is 7.47. The molecular weight excluding hydrogens is 280 g/mol. The van der Waals surface area contributed by atoms with Crippen molar-refractivity contribution in [2.75, 3.05) is 6.54 Å². The number of imidazole rings is 1. The molecule has 6 heteroatoms. The van der Waals surface area contributed by atoms with E-state index in [9.17, 15) is 4.79 Å². The van der Waals surface area contributed by atoms with Gasteiger partial charge in [0, 0.05) is 37.6 Å². The number of carbonyl (C=O) groups excluding carboxylic acids is 1. The van der Waals surface area contributed by atoms with Crippen molar-refractivity contribution in [1.29, 1.82) is 0 Å². The molecule has 0 aliphatic heterocycles. The third-order valence-electron chi connectivity index (χ3n) is 3.36. The van der Waals surface area contributed by atoms with E-state index >= 15 is 0 Å². The van der Waals surface area contributed by atoms with E-state index in [2.05, 4.69) is 33.7 Å². The zero-order chi connectivity index (χ0) is 15.9. The van der Waals surface area contributed by atoms with Crippen LogP contribution in [0.2, 0.25) is 0 Å². The molecule has 0 saturated heterocycles. The topological polar surface area (TPSA) is 80.0 Å². The third-order valence-corrected chi connectivity index (χ3v) is 3.36. The molecule has 0 spiro atoms. The van der Waals surface area contributed by atoms with Gasteiger partial charge in [-0.3, -0.25) is 9.78 Å². The first-order chi connectivity index (χ1) is 10.6. The summed E-state index contributed by atoms with van der Waals surface area (Å²) in [5, 5.41) is 11.9. The van der Waals surface area contributed by atoms with Gasteiger partial charge in [-0.1, -0.05) is 13.8 Å². The highest BCUT2D eigenvalue weighted by Gasteiger charge is 2.09. The SMILES string of the molecule is CC(C)c1nccn1CCCNC(=O)c1cc(CO)ccn1. The fourth-order valence-electron chi connectivity index (χ4n) is 2.25. The van der Waals surface area contributed by atoms with Crippen LogP contribution < -0.4 is 5.32 Å². The molecule has 0 atom stereocenters. The normalized spacial score (nSPS) is 10.9. The van der Waals surface area contributed by atoms with Gasteiger partial charge < -0.3 is 15.0 Å². The lowest BCUT2D eigenvalue weighted by Gasteiger charge is -2.10. The van der Waals surface area contributed by atoms with Crippen molar-refractivity contribution in [3.05, 3.63) is 47.8 Å². The lowest BCUT2D eigenvalue weighted by atomic mass is 10.2. The van der Waals surface area contributed by atoms with Gasteiger partial charge in [-0.25, -0.2) is 4.98 Å². The predicted octanol–water partition coefficient (Wildman–Crippen LogP) is 1.71. The van der Waals surface area contributed by atoms with Crippen LogP contribution in [0.25, 0.3) is 0 Å². The lowest BCUT2D eigenvalue weighted by Crippen LogP contribution is -2.26. The van der Waals surface area contributed by atoms with Crippen molar-refractivity contribution in [3.8, 4) is 0 Å². The summed E-state index contributed by atoms with van der Waals surface area (Å²) in [7, 11) is 0. The molecule has 2 heterocycles. The van der Waals surface area contributed by atoms with Gasteiger partial charge in [0.25, 0.3) is 5.91 Å². The van der Waals surface area contributed by atoms with E-state index < -0.39 is 0 Å². The molecule has 2 aromatic rings. The molecule has 0 fully saturated rings. The maximum atomic E-state index is 12.0. The smallest absolute Gasteiger partial charge is 0.269 e. The van der Waals surface area contributed by atoms with Crippen molar-refractivity contribution < 1.29 is 9.90 Å². The average Bonchev–Trinajstić information content (AvgIpc) is 3.00. The van der Waals surface area contributed by atoms with Crippen LogP contribution >= 0.6 is 0 Å². The van der Waals surface area contributed by atoms with Crippen molar-refractivity contribution in [2.24, 2.45) is 0 Å². The second-order valence-electron chi connectivity index (χ2n) is 5.45. The minimum absolute atomic E-state index is 0.0958. The van der Waals surface area contributed by atoms with E-state index in [-0.39, 0.29) is 12.5 Å². The monoisotopic (exact) mass is 302 g/mol. The Morgan fingerprint density at radius 3 is 2.91 bits per heavy atom. The number of pyridine rings is 1. The molecule has 0 saturated carbocycles. The summed E-state index contributed by atoms with van der Waals surface area (Å²) in [6.07, 6.45) is 6.12. The van der Waals surface area contributed by atoms with Crippen molar-refractivity contribution in [3.63, 3.8) is 0 Å². The Labute approximate surface area is 130 Å². The predicted molar refractivity (Wildman–Crippen MR) is 83.4 cm³/mol. The molecule has 2 N–H and O–H groups in total. The van der Waals surface area contributed by atoms with Crippen LogP contribution in [0.1, 0.15) is 48.1 Å². The zero-order valence-corrected chi connectivity index (χ0v) is 13.0. The van der Waals surface area contributed by atoms with Crippen molar-refractivity contribution in [2.45, 2.75) is 39.3 Å². The number of aromatic nitrogens is 3. The molecule has 0 unspecified atom stereocenters. The number of hydrogen-bond acceptors (Lipinski definition) is 4. The Hall–Kier alpha value is -2.21. The van der Waals surface area contributed by atoms with Crippen LogP contribution in [0, 0.1) is 0 Å². The second kappa shape index (κ2) is 7.70. The Morgan fingerprint density at radius 1 is 1.36 bits per heavy atom. The first-order valence-corrected chi connectivity index (χ1v) is 7.47. The van der Waals surface area contributed by atoms with Crippen molar-refractivity contribution >= 4 is 5.91 Å². The number of carbonyl (C=O) groups is 1. The summed E-state index contributed by atoms with van der Waals surface area (Å²) in [4.78, 5) is 20.3. The van der Waals surface area contributed by atoms with Crippen molar-refractivity contribution in [1.82, 2.24) is 19.9 Å². The van der Waals surface area contributed by atoms with Crippen LogP contribution in [0.5, 0.6) is 0 Å². The summed E-state index contributed by atoms with van der Waals surface area (Å²) in [6.45, 7) is 5.51. The summed E-state index contributed by atoms with van der Waals surface area (Å²) in [5.74, 6) is 1.23. The summed E-state index contributed by atoms with van der Waals surface area (Å²) >= 11 is 0. The Bertz CT molecular complexity index is 622. The van der Waals surface area contributed by atoms with Crippen LogP contribution in [0.15, 0.2) is 30.7 Å². The van der Waals surface area contributed by atoms with E-state index in [4.69, 9.17) is 5.11 Å². The number of aliphatic hydroxyl groups excluding tert-OH is 1. The number of nitrogens with one attached hydrogen (secondary N) is 1. The summed E-state index contributed by atoms with van der Waals surface area (Å²) in [6, 6.07) is 3.28. The van der Waals surface area contributed by atoms with Crippen LogP contribution in [0.4, 0.5) is 0 Å². The summed E-state index contributed by atoms with van der Waals surface area (Å²) in [5.41, 5.74) is 1.01. The molecule has 0 bridgehead atoms. The molecule has 0 aliphatic rings. The van der Waals surface area contributed by atoms with Gasteiger partial charge in [0.15, 0.2) is 0 Å². The molecular formula is C16H22N4O2. The van der Waals surface area contributed by atoms with E-state index in [1.807, 2.05) is 6.20 Å². The Morgan fingerprint density at radius 2 is 2.18 bits per heavy atom. The molecule has 2 aromatic heterocycles. The number of aryl methyl sites for hydroxylation is 1. The number of nitrogens with zero attached hydrogens (tertiary/aromatic N) is 3. The summed E-state index contributed by atoms with van der Waals surface area (Å²) < 4.78 is 2.11. The highest BCUT2D eigenvalue weighted by molar-refractivity contribution is 5.92. The number of amides is 1. The molecule has 0 radical (unpaired) electrons. The van der Waals surface area contributed by atoms with E-state index in [1.165, 1.54) is 6.20 Å². The van der Waals surface area contributed by atoms with Gasteiger partial charge in [0.05, 0.1) is 6.61 Å². The van der Waals surface area contributed by atoms with Crippen LogP contribution in [0.3, 0.4) is 0 Å². The fourth-order valence-corrected chi connectivity index (χ4v) is 2.25. The molecule has 0 aromatic carbocycles. The molecule has 6 nitrogen and oxygen atoms in total. The van der Waals surface area contributed by atoms with Gasteiger partial charge in [0.2, 0.25) is 0 Å². The van der Waals surface area contributed by atoms with Crippen LogP contribution in [-0.2, 0) is 13.2 Å². The molecule has 118 valence electrons. The quantitative estimate of drug-likeness (QED) is 0.763. The highest BCUT2D eigenvalue weighted by Crippen LogP contribution is 2.11. The number of hydrogen-bond donors (Lipinski definition) is 2. The molecule has 22 heavy (non-hydrogen) atoms. The van der Waals surface area contributed by atoms with E-state index in [0.717, 1.165) is 18.8 Å². The molecule has 0 aliphatic carbocycles. The number of rotatable bonds is 7. The maximum Gasteiger partial charge on any atom is 0.269 e. The average molecular weight is 302 g/mol. The number of aliphatic hydroxyl groups is 1. The van der Waals surface area contributed by atoms with Crippen LogP contribution in [-0.4, -0.2) is 32.1 Å². The first kappa shape index (κ1) is 16.2. The molecule has 2 rings (SSSR count).